The Balaban J connectivity index is 2.62. The summed E-state index contributed by atoms with van der Waals surface area (Å²) in [5, 5.41) is 1.60. The molecule has 0 N–H and O–H groups in total. The molecule has 0 aliphatic rings. The Morgan fingerprint density at radius 2 is 1.73 bits per heavy atom. The third-order valence-corrected chi connectivity index (χ3v) is 3.56. The zero-order valence-corrected chi connectivity index (χ0v) is 11.1. The minimum atomic E-state index is -0.625. The van der Waals surface area contributed by atoms with Crippen molar-refractivity contribution in [3.05, 3.63) is 37.5 Å². The van der Waals surface area contributed by atoms with Gasteiger partial charge in [-0.1, -0.05) is 15.9 Å². The molecule has 0 aliphatic carbocycles. The Morgan fingerprint density at radius 3 is 2.20 bits per heavy atom. The van der Waals surface area contributed by atoms with Crippen LogP contribution in [0.3, 0.4) is 0 Å². The van der Waals surface area contributed by atoms with Crippen LogP contribution in [0.25, 0.3) is 11.3 Å². The number of rotatable bonds is 1. The van der Waals surface area contributed by atoms with E-state index in [1.54, 1.807) is 5.38 Å². The number of thiazole rings is 1. The molecule has 1 nitrogen and oxygen atoms in total. The van der Waals surface area contributed by atoms with E-state index in [1.807, 2.05) is 0 Å². The summed E-state index contributed by atoms with van der Waals surface area (Å²) in [6.07, 6.45) is 0. The van der Waals surface area contributed by atoms with E-state index < -0.39 is 11.6 Å². The molecule has 0 radical (unpaired) electrons. The lowest BCUT2D eigenvalue weighted by atomic mass is 10.1. The maximum Gasteiger partial charge on any atom is 0.159 e. The smallest absolute Gasteiger partial charge is 0.159 e. The quantitative estimate of drug-likeness (QED) is 0.728. The van der Waals surface area contributed by atoms with Gasteiger partial charge in [-0.2, -0.15) is 0 Å². The summed E-state index contributed by atoms with van der Waals surface area (Å²) in [4.78, 5) is 3.97. The van der Waals surface area contributed by atoms with Gasteiger partial charge in [0.2, 0.25) is 0 Å². The molecule has 0 saturated heterocycles. The minimum absolute atomic E-state index is 0.0971. The zero-order chi connectivity index (χ0) is 11.0. The van der Waals surface area contributed by atoms with Crippen molar-refractivity contribution in [2.45, 2.75) is 0 Å². The highest BCUT2D eigenvalue weighted by Gasteiger charge is 2.15. The Labute approximate surface area is 105 Å². The molecule has 78 valence electrons. The molecule has 0 saturated carbocycles. The molecule has 1 aromatic carbocycles. The topological polar surface area (TPSA) is 12.9 Å². The maximum absolute atomic E-state index is 13.5. The first-order valence-corrected chi connectivity index (χ1v) is 6.30. The van der Waals surface area contributed by atoms with Crippen LogP contribution in [0.4, 0.5) is 8.78 Å². The van der Waals surface area contributed by atoms with E-state index in [0.717, 1.165) is 0 Å². The first-order valence-electron chi connectivity index (χ1n) is 3.84. The molecule has 0 fully saturated rings. The standard InChI is InChI=1S/C9H3Br2F2NS/c10-4-1-5(12)8(6(13)2-4)7-3-15-9(11)14-7/h1-3H. The fourth-order valence-electron chi connectivity index (χ4n) is 1.15. The molecule has 0 spiro atoms. The molecule has 2 rings (SSSR count). The van der Waals surface area contributed by atoms with Crippen LogP contribution < -0.4 is 0 Å². The third-order valence-electron chi connectivity index (χ3n) is 1.74. The predicted octanol–water partition coefficient (Wildman–Crippen LogP) is 4.61. The monoisotopic (exact) mass is 353 g/mol. The van der Waals surface area contributed by atoms with Crippen LogP contribution in [0.15, 0.2) is 25.9 Å². The van der Waals surface area contributed by atoms with E-state index in [4.69, 9.17) is 0 Å². The van der Waals surface area contributed by atoms with Gasteiger partial charge < -0.3 is 0 Å². The minimum Gasteiger partial charge on any atom is -0.229 e. The van der Waals surface area contributed by atoms with Gasteiger partial charge in [-0.3, -0.25) is 0 Å². The van der Waals surface area contributed by atoms with Gasteiger partial charge in [-0.15, -0.1) is 11.3 Å². The zero-order valence-electron chi connectivity index (χ0n) is 7.10. The van der Waals surface area contributed by atoms with Gasteiger partial charge in [0, 0.05) is 9.85 Å². The molecule has 0 bridgehead atoms. The molecular formula is C9H3Br2F2NS. The van der Waals surface area contributed by atoms with Crippen molar-refractivity contribution in [3.63, 3.8) is 0 Å². The van der Waals surface area contributed by atoms with Crippen molar-refractivity contribution >= 4 is 43.2 Å². The summed E-state index contributed by atoms with van der Waals surface area (Å²) in [5.41, 5.74) is 0.203. The Hall–Kier alpha value is -0.330. The first kappa shape index (κ1) is 11.2. The van der Waals surface area contributed by atoms with Crippen LogP contribution in [0.5, 0.6) is 0 Å². The second kappa shape index (κ2) is 4.27. The molecule has 0 atom stereocenters. The third kappa shape index (κ3) is 2.26. The number of aromatic nitrogens is 1. The van der Waals surface area contributed by atoms with Crippen LogP contribution in [0.2, 0.25) is 0 Å². The fraction of sp³-hybridized carbons (Fsp3) is 0. The molecule has 15 heavy (non-hydrogen) atoms. The van der Waals surface area contributed by atoms with E-state index in [2.05, 4.69) is 36.8 Å². The highest BCUT2D eigenvalue weighted by atomic mass is 79.9. The summed E-state index contributed by atoms with van der Waals surface area (Å²) in [6, 6.07) is 2.43. The number of hydrogen-bond donors (Lipinski definition) is 0. The lowest BCUT2D eigenvalue weighted by molar-refractivity contribution is 0.587. The highest BCUT2D eigenvalue weighted by Crippen LogP contribution is 2.31. The molecule has 1 heterocycles. The van der Waals surface area contributed by atoms with Gasteiger partial charge in [0.25, 0.3) is 0 Å². The maximum atomic E-state index is 13.5. The largest absolute Gasteiger partial charge is 0.229 e. The molecule has 6 heteroatoms. The van der Waals surface area contributed by atoms with Crippen molar-refractivity contribution in [1.29, 1.82) is 0 Å². The van der Waals surface area contributed by atoms with E-state index in [0.29, 0.717) is 14.1 Å². The van der Waals surface area contributed by atoms with Crippen LogP contribution in [-0.2, 0) is 0 Å². The fourth-order valence-corrected chi connectivity index (χ4v) is 2.56. The van der Waals surface area contributed by atoms with E-state index in [-0.39, 0.29) is 5.56 Å². The van der Waals surface area contributed by atoms with Gasteiger partial charge in [0.1, 0.15) is 11.6 Å². The molecule has 0 aliphatic heterocycles. The van der Waals surface area contributed by atoms with Crippen molar-refractivity contribution in [3.8, 4) is 11.3 Å². The Morgan fingerprint density at radius 1 is 1.13 bits per heavy atom. The van der Waals surface area contributed by atoms with Gasteiger partial charge in [0.05, 0.1) is 11.3 Å². The highest BCUT2D eigenvalue weighted by molar-refractivity contribution is 9.11. The second-order valence-corrected chi connectivity index (χ2v) is 5.78. The second-order valence-electron chi connectivity index (χ2n) is 2.73. The SMILES string of the molecule is Fc1cc(Br)cc(F)c1-c1csc(Br)n1. The first-order chi connectivity index (χ1) is 7.08. The van der Waals surface area contributed by atoms with Gasteiger partial charge in [-0.25, -0.2) is 13.8 Å². The number of benzene rings is 1. The summed E-state index contributed by atoms with van der Waals surface area (Å²) in [5.74, 6) is -1.25. The van der Waals surface area contributed by atoms with Crippen LogP contribution in [0.1, 0.15) is 0 Å². The van der Waals surface area contributed by atoms with Crippen molar-refractivity contribution in [2.75, 3.05) is 0 Å². The van der Waals surface area contributed by atoms with Gasteiger partial charge >= 0.3 is 0 Å². The summed E-state index contributed by atoms with van der Waals surface area (Å²) >= 11 is 7.45. The van der Waals surface area contributed by atoms with Crippen molar-refractivity contribution in [2.24, 2.45) is 0 Å². The summed E-state index contributed by atoms with van der Waals surface area (Å²) in [6.45, 7) is 0. The van der Waals surface area contributed by atoms with Crippen LogP contribution in [0, 0.1) is 11.6 Å². The molecule has 0 amide bonds. The average Bonchev–Trinajstić information content (AvgIpc) is 2.49. The molecule has 2 aromatic rings. The van der Waals surface area contributed by atoms with E-state index >= 15 is 0 Å². The summed E-state index contributed by atoms with van der Waals surface area (Å²) in [7, 11) is 0. The Kier molecular flexibility index (Phi) is 3.18. The Bertz CT molecular complexity index is 490. The average molecular weight is 355 g/mol. The normalized spacial score (nSPS) is 10.7. The number of nitrogens with zero attached hydrogens (tertiary/aromatic N) is 1. The van der Waals surface area contributed by atoms with Crippen LogP contribution in [-0.4, -0.2) is 4.98 Å². The molecule has 0 unspecified atom stereocenters. The van der Waals surface area contributed by atoms with E-state index in [1.165, 1.54) is 23.5 Å². The number of hydrogen-bond acceptors (Lipinski definition) is 2. The van der Waals surface area contributed by atoms with E-state index in [9.17, 15) is 8.78 Å². The lowest BCUT2D eigenvalue weighted by Gasteiger charge is -2.02. The van der Waals surface area contributed by atoms with Gasteiger partial charge in [-0.05, 0) is 28.1 Å². The van der Waals surface area contributed by atoms with Crippen molar-refractivity contribution < 1.29 is 8.78 Å². The summed E-state index contributed by atoms with van der Waals surface area (Å²) < 4.78 is 27.9. The van der Waals surface area contributed by atoms with Crippen molar-refractivity contribution in [1.82, 2.24) is 4.98 Å². The van der Waals surface area contributed by atoms with Crippen LogP contribution >= 0.6 is 43.2 Å². The number of halogens is 4. The van der Waals surface area contributed by atoms with Gasteiger partial charge in [0.15, 0.2) is 3.92 Å². The molecule has 1 aromatic heterocycles. The predicted molar refractivity (Wildman–Crippen MR) is 62.9 cm³/mol. The lowest BCUT2D eigenvalue weighted by Crippen LogP contribution is -1.90. The molecular weight excluding hydrogens is 352 g/mol.